The van der Waals surface area contributed by atoms with Crippen molar-refractivity contribution >= 4 is 16.5 Å². The van der Waals surface area contributed by atoms with Gasteiger partial charge in [0.1, 0.15) is 10.9 Å². The number of nitriles is 1. The van der Waals surface area contributed by atoms with Crippen LogP contribution in [0.25, 0.3) is 0 Å². The van der Waals surface area contributed by atoms with Crippen molar-refractivity contribution < 1.29 is 0 Å². The summed E-state index contributed by atoms with van der Waals surface area (Å²) < 4.78 is 0. The first-order chi connectivity index (χ1) is 6.63. The highest BCUT2D eigenvalue weighted by molar-refractivity contribution is 7.16. The van der Waals surface area contributed by atoms with Crippen LogP contribution in [0.15, 0.2) is 6.20 Å². The van der Waals surface area contributed by atoms with Gasteiger partial charge in [0.25, 0.3) is 0 Å². The predicted molar refractivity (Wildman–Crippen MR) is 59.6 cm³/mol. The Morgan fingerprint density at radius 3 is 2.86 bits per heavy atom. The molecule has 0 fully saturated rings. The fraction of sp³-hybridized carbons (Fsp3) is 0.600. The standard InChI is InChI=1S/C10H15N3S/c1-8(2)4-5-13(3)10-12-7-9(6-11)14-10/h7-8H,4-5H2,1-3H3. The molecule has 76 valence electrons. The molecule has 0 atom stereocenters. The highest BCUT2D eigenvalue weighted by Gasteiger charge is 2.06. The zero-order valence-corrected chi connectivity index (χ0v) is 9.64. The third-order valence-corrected chi connectivity index (χ3v) is 2.99. The molecule has 3 nitrogen and oxygen atoms in total. The summed E-state index contributed by atoms with van der Waals surface area (Å²) in [5, 5.41) is 9.59. The fourth-order valence-corrected chi connectivity index (χ4v) is 1.74. The summed E-state index contributed by atoms with van der Waals surface area (Å²) in [7, 11) is 2.02. The number of hydrogen-bond acceptors (Lipinski definition) is 4. The number of thiazole rings is 1. The summed E-state index contributed by atoms with van der Waals surface area (Å²) in [6.07, 6.45) is 2.78. The van der Waals surface area contributed by atoms with Crippen LogP contribution in [-0.4, -0.2) is 18.6 Å². The minimum atomic E-state index is 0.677. The SMILES string of the molecule is CC(C)CCN(C)c1ncc(C#N)s1. The summed E-state index contributed by atoms with van der Waals surface area (Å²) in [5.74, 6) is 0.702. The van der Waals surface area contributed by atoms with E-state index in [9.17, 15) is 0 Å². The van der Waals surface area contributed by atoms with Crippen LogP contribution < -0.4 is 4.90 Å². The smallest absolute Gasteiger partial charge is 0.186 e. The van der Waals surface area contributed by atoms with Crippen LogP contribution in [0, 0.1) is 17.2 Å². The zero-order chi connectivity index (χ0) is 10.6. The van der Waals surface area contributed by atoms with Gasteiger partial charge in [0.2, 0.25) is 0 Å². The molecular weight excluding hydrogens is 194 g/mol. The molecule has 0 saturated heterocycles. The molecule has 14 heavy (non-hydrogen) atoms. The van der Waals surface area contributed by atoms with Gasteiger partial charge in [0, 0.05) is 13.6 Å². The van der Waals surface area contributed by atoms with Gasteiger partial charge in [-0.25, -0.2) is 4.98 Å². The van der Waals surface area contributed by atoms with Gasteiger partial charge in [0.15, 0.2) is 5.13 Å². The van der Waals surface area contributed by atoms with Crippen molar-refractivity contribution in [2.75, 3.05) is 18.5 Å². The van der Waals surface area contributed by atoms with Gasteiger partial charge >= 0.3 is 0 Å². The minimum Gasteiger partial charge on any atom is -0.351 e. The summed E-state index contributed by atoms with van der Waals surface area (Å²) in [4.78, 5) is 6.97. The van der Waals surface area contributed by atoms with Crippen molar-refractivity contribution in [2.24, 2.45) is 5.92 Å². The van der Waals surface area contributed by atoms with Crippen molar-refractivity contribution in [1.29, 1.82) is 5.26 Å². The Hall–Kier alpha value is -1.08. The quantitative estimate of drug-likeness (QED) is 0.765. The highest BCUT2D eigenvalue weighted by Crippen LogP contribution is 2.20. The maximum absolute atomic E-state index is 8.65. The van der Waals surface area contributed by atoms with E-state index >= 15 is 0 Å². The summed E-state index contributed by atoms with van der Waals surface area (Å²) in [5.41, 5.74) is 0. The molecule has 0 saturated carbocycles. The second-order valence-electron chi connectivity index (χ2n) is 3.72. The molecule has 0 aliphatic rings. The first kappa shape index (κ1) is 11.0. The molecule has 1 heterocycles. The normalized spacial score (nSPS) is 10.2. The number of aromatic nitrogens is 1. The van der Waals surface area contributed by atoms with Crippen LogP contribution >= 0.6 is 11.3 Å². The van der Waals surface area contributed by atoms with E-state index in [1.807, 2.05) is 7.05 Å². The van der Waals surface area contributed by atoms with Crippen molar-refractivity contribution in [2.45, 2.75) is 20.3 Å². The van der Waals surface area contributed by atoms with E-state index < -0.39 is 0 Å². The van der Waals surface area contributed by atoms with Crippen LogP contribution in [0.3, 0.4) is 0 Å². The average Bonchev–Trinajstić information content (AvgIpc) is 2.62. The molecule has 0 bridgehead atoms. The van der Waals surface area contributed by atoms with E-state index in [1.54, 1.807) is 6.20 Å². The highest BCUT2D eigenvalue weighted by atomic mass is 32.1. The second kappa shape index (κ2) is 4.97. The van der Waals surface area contributed by atoms with Crippen molar-refractivity contribution in [3.63, 3.8) is 0 Å². The molecule has 0 aromatic carbocycles. The molecular formula is C10H15N3S. The number of nitrogens with zero attached hydrogens (tertiary/aromatic N) is 3. The maximum atomic E-state index is 8.65. The fourth-order valence-electron chi connectivity index (χ4n) is 1.04. The van der Waals surface area contributed by atoms with Gasteiger partial charge < -0.3 is 4.90 Å². The molecule has 0 unspecified atom stereocenters. The van der Waals surface area contributed by atoms with Gasteiger partial charge in [0.05, 0.1) is 6.20 Å². The molecule has 0 aliphatic heterocycles. The molecule has 1 aromatic rings. The Labute approximate surface area is 89.0 Å². The second-order valence-corrected chi connectivity index (χ2v) is 4.73. The van der Waals surface area contributed by atoms with E-state index in [-0.39, 0.29) is 0 Å². The topological polar surface area (TPSA) is 39.9 Å². The molecule has 0 radical (unpaired) electrons. The lowest BCUT2D eigenvalue weighted by Gasteiger charge is -2.16. The minimum absolute atomic E-state index is 0.677. The van der Waals surface area contributed by atoms with Crippen LogP contribution in [0.4, 0.5) is 5.13 Å². The third kappa shape index (κ3) is 3.00. The Kier molecular flexibility index (Phi) is 3.90. The van der Waals surface area contributed by atoms with Gasteiger partial charge in [-0.3, -0.25) is 0 Å². The van der Waals surface area contributed by atoms with Crippen LogP contribution in [-0.2, 0) is 0 Å². The van der Waals surface area contributed by atoms with Crippen LogP contribution in [0.2, 0.25) is 0 Å². The predicted octanol–water partition coefficient (Wildman–Crippen LogP) is 2.50. The average molecular weight is 209 g/mol. The van der Waals surface area contributed by atoms with Crippen molar-refractivity contribution in [3.05, 3.63) is 11.1 Å². The van der Waals surface area contributed by atoms with Crippen LogP contribution in [0.5, 0.6) is 0 Å². The number of rotatable bonds is 4. The van der Waals surface area contributed by atoms with E-state index in [4.69, 9.17) is 5.26 Å². The van der Waals surface area contributed by atoms with Gasteiger partial charge in [-0.15, -0.1) is 0 Å². The molecule has 0 amide bonds. The summed E-state index contributed by atoms with van der Waals surface area (Å²) in [6, 6.07) is 2.10. The van der Waals surface area contributed by atoms with E-state index in [0.29, 0.717) is 10.8 Å². The lowest BCUT2D eigenvalue weighted by atomic mass is 10.1. The lowest BCUT2D eigenvalue weighted by Crippen LogP contribution is -2.19. The van der Waals surface area contributed by atoms with Gasteiger partial charge in [-0.05, 0) is 12.3 Å². The molecule has 4 heteroatoms. The van der Waals surface area contributed by atoms with Gasteiger partial charge in [-0.2, -0.15) is 5.26 Å². The largest absolute Gasteiger partial charge is 0.351 e. The Morgan fingerprint density at radius 1 is 1.64 bits per heavy atom. The third-order valence-electron chi connectivity index (χ3n) is 1.97. The van der Waals surface area contributed by atoms with E-state index in [1.165, 1.54) is 11.3 Å². The Bertz CT molecular complexity index is 324. The lowest BCUT2D eigenvalue weighted by molar-refractivity contribution is 0.585. The van der Waals surface area contributed by atoms with E-state index in [2.05, 4.69) is 29.8 Å². The summed E-state index contributed by atoms with van der Waals surface area (Å²) >= 11 is 1.45. The van der Waals surface area contributed by atoms with E-state index in [0.717, 1.165) is 18.1 Å². The summed E-state index contributed by atoms with van der Waals surface area (Å²) in [6.45, 7) is 5.41. The zero-order valence-electron chi connectivity index (χ0n) is 8.82. The Morgan fingerprint density at radius 2 is 2.36 bits per heavy atom. The van der Waals surface area contributed by atoms with Crippen molar-refractivity contribution in [3.8, 4) is 6.07 Å². The van der Waals surface area contributed by atoms with Crippen molar-refractivity contribution in [1.82, 2.24) is 4.98 Å². The molecule has 0 aliphatic carbocycles. The first-order valence-electron chi connectivity index (χ1n) is 4.70. The maximum Gasteiger partial charge on any atom is 0.186 e. The molecule has 1 rings (SSSR count). The monoisotopic (exact) mass is 209 g/mol. The molecule has 0 spiro atoms. The Balaban J connectivity index is 2.52. The van der Waals surface area contributed by atoms with Crippen LogP contribution in [0.1, 0.15) is 25.1 Å². The molecule has 1 aromatic heterocycles. The van der Waals surface area contributed by atoms with Gasteiger partial charge in [-0.1, -0.05) is 25.2 Å². The number of hydrogen-bond donors (Lipinski definition) is 0. The number of anilines is 1. The molecule has 0 N–H and O–H groups in total. The first-order valence-corrected chi connectivity index (χ1v) is 5.52.